The second kappa shape index (κ2) is 3.97. The molecular weight excluding hydrogens is 344 g/mol. The highest BCUT2D eigenvalue weighted by molar-refractivity contribution is 6.00. The second-order valence-electron chi connectivity index (χ2n) is 8.48. The fourth-order valence-corrected chi connectivity index (χ4v) is 8.23. The first-order chi connectivity index (χ1) is 12.2. The number of carboxylic acid groups (broad SMARTS) is 4. The highest BCUT2D eigenvalue weighted by atomic mass is 16.4. The maximum atomic E-state index is 12.6. The van der Waals surface area contributed by atoms with Gasteiger partial charge in [-0.1, -0.05) is 11.1 Å². The van der Waals surface area contributed by atoms with Gasteiger partial charge in [0.2, 0.25) is 0 Å². The van der Waals surface area contributed by atoms with Gasteiger partial charge in [-0.15, -0.1) is 0 Å². The number of allylic oxidation sites excluding steroid dienone is 2. The molecular formula is C18H18O8. The molecule has 0 unspecified atom stereocenters. The lowest BCUT2D eigenvalue weighted by Gasteiger charge is -2.67. The number of carboxylic acids is 4. The van der Waals surface area contributed by atoms with E-state index in [1.165, 1.54) is 0 Å². The Labute approximate surface area is 147 Å². The largest absolute Gasteiger partial charge is 0.481 e. The third kappa shape index (κ3) is 1.05. The van der Waals surface area contributed by atoms with E-state index in [9.17, 15) is 39.6 Å². The first-order valence-corrected chi connectivity index (χ1v) is 8.82. The molecule has 7 rings (SSSR count). The zero-order valence-corrected chi connectivity index (χ0v) is 13.8. The number of carbonyl (C=O) groups is 4. The summed E-state index contributed by atoms with van der Waals surface area (Å²) in [4.78, 5) is 49.4. The highest BCUT2D eigenvalue weighted by Gasteiger charge is 2.99. The molecule has 6 atom stereocenters. The van der Waals surface area contributed by atoms with E-state index in [2.05, 4.69) is 0 Å². The van der Waals surface area contributed by atoms with E-state index >= 15 is 0 Å². The Morgan fingerprint density at radius 3 is 1.81 bits per heavy atom. The zero-order chi connectivity index (χ0) is 18.9. The van der Waals surface area contributed by atoms with Crippen molar-refractivity contribution < 1.29 is 39.6 Å². The predicted octanol–water partition coefficient (Wildman–Crippen LogP) is 1.21. The van der Waals surface area contributed by atoms with Crippen molar-refractivity contribution >= 4 is 23.9 Å². The third-order valence-electron chi connectivity index (χ3n) is 8.52. The van der Waals surface area contributed by atoms with Crippen LogP contribution in [0.15, 0.2) is 11.1 Å². The van der Waals surface area contributed by atoms with E-state index in [0.717, 1.165) is 11.1 Å². The Balaban J connectivity index is 1.97. The highest BCUT2D eigenvalue weighted by Crippen LogP contribution is 2.95. The average Bonchev–Trinajstić information content (AvgIpc) is 3.10. The van der Waals surface area contributed by atoms with Crippen LogP contribution in [-0.4, -0.2) is 44.3 Å². The van der Waals surface area contributed by atoms with E-state index in [0.29, 0.717) is 19.3 Å². The Morgan fingerprint density at radius 2 is 1.27 bits per heavy atom. The maximum Gasteiger partial charge on any atom is 0.311 e. The van der Waals surface area contributed by atoms with Gasteiger partial charge in [0, 0.05) is 10.8 Å². The molecule has 2 spiro atoms. The van der Waals surface area contributed by atoms with Crippen molar-refractivity contribution in [3.8, 4) is 0 Å². The molecule has 0 heterocycles. The van der Waals surface area contributed by atoms with Crippen LogP contribution in [0, 0.1) is 33.5 Å². The number of hydrogen-bond acceptors (Lipinski definition) is 4. The monoisotopic (exact) mass is 362 g/mol. The Hall–Kier alpha value is -2.38. The van der Waals surface area contributed by atoms with Crippen molar-refractivity contribution in [1.29, 1.82) is 0 Å². The lowest BCUT2D eigenvalue weighted by Crippen LogP contribution is -2.73. The van der Waals surface area contributed by atoms with Gasteiger partial charge in [0.1, 0.15) is 0 Å². The minimum absolute atomic E-state index is 0.0747. The Morgan fingerprint density at radius 1 is 0.731 bits per heavy atom. The predicted molar refractivity (Wildman–Crippen MR) is 82.0 cm³/mol. The Kier molecular flexibility index (Phi) is 2.42. The summed E-state index contributed by atoms with van der Waals surface area (Å²) in [6, 6.07) is 0. The molecule has 0 aromatic carbocycles. The number of fused-ring (bicyclic) bond motifs is 2. The molecule has 0 saturated heterocycles. The molecule has 7 aliphatic carbocycles. The summed E-state index contributed by atoms with van der Waals surface area (Å²) < 4.78 is 0. The van der Waals surface area contributed by atoms with Crippen molar-refractivity contribution in [2.24, 2.45) is 33.5 Å². The summed E-state index contributed by atoms with van der Waals surface area (Å²) in [5.74, 6) is -8.02. The van der Waals surface area contributed by atoms with Gasteiger partial charge in [-0.05, 0) is 38.5 Å². The van der Waals surface area contributed by atoms with E-state index in [-0.39, 0.29) is 19.3 Å². The number of hydrogen-bond donors (Lipinski definition) is 4. The number of aliphatic carboxylic acids is 4. The zero-order valence-electron chi connectivity index (χ0n) is 13.8. The maximum absolute atomic E-state index is 12.6. The molecule has 0 aromatic heterocycles. The van der Waals surface area contributed by atoms with Crippen LogP contribution in [-0.2, 0) is 19.2 Å². The summed E-state index contributed by atoms with van der Waals surface area (Å²) in [6.45, 7) is 0. The van der Waals surface area contributed by atoms with E-state index < -0.39 is 57.4 Å². The molecule has 8 heteroatoms. The van der Waals surface area contributed by atoms with Crippen molar-refractivity contribution in [2.45, 2.75) is 38.5 Å². The molecule has 0 amide bonds. The smallest absolute Gasteiger partial charge is 0.311 e. The van der Waals surface area contributed by atoms with Gasteiger partial charge in [0.15, 0.2) is 0 Å². The van der Waals surface area contributed by atoms with Crippen LogP contribution in [0.4, 0.5) is 0 Å². The molecule has 26 heavy (non-hydrogen) atoms. The fourth-order valence-electron chi connectivity index (χ4n) is 8.23. The van der Waals surface area contributed by atoms with Gasteiger partial charge >= 0.3 is 23.9 Å². The van der Waals surface area contributed by atoms with Gasteiger partial charge in [0.05, 0.1) is 22.7 Å². The normalized spacial score (nSPS) is 49.5. The van der Waals surface area contributed by atoms with Gasteiger partial charge in [-0.25, -0.2) is 0 Å². The molecule has 4 N–H and O–H groups in total. The van der Waals surface area contributed by atoms with Crippen LogP contribution in [0.25, 0.3) is 0 Å². The molecule has 138 valence electrons. The summed E-state index contributed by atoms with van der Waals surface area (Å²) in [7, 11) is 0. The van der Waals surface area contributed by atoms with E-state index in [1.54, 1.807) is 0 Å². The molecule has 4 fully saturated rings. The van der Waals surface area contributed by atoms with Crippen LogP contribution >= 0.6 is 0 Å². The summed E-state index contributed by atoms with van der Waals surface area (Å²) in [5.41, 5.74) is -4.71. The average molecular weight is 362 g/mol. The SMILES string of the molecule is O=C(O)[C@@H]1[C@H](C(=O)O)[C@@]23C[C@]2(C(=O)O)[C@@]2(C(=O)O)CCC3=C3CCC[C@]312. The lowest BCUT2D eigenvalue weighted by atomic mass is 9.32. The topological polar surface area (TPSA) is 149 Å². The molecule has 0 radical (unpaired) electrons. The minimum Gasteiger partial charge on any atom is -0.481 e. The minimum atomic E-state index is -1.74. The quantitative estimate of drug-likeness (QED) is 0.545. The molecule has 0 aliphatic heterocycles. The molecule has 8 nitrogen and oxygen atoms in total. The first kappa shape index (κ1) is 15.8. The number of rotatable bonds is 4. The van der Waals surface area contributed by atoms with Gasteiger partial charge in [-0.2, -0.15) is 0 Å². The van der Waals surface area contributed by atoms with Gasteiger partial charge in [-0.3, -0.25) is 19.2 Å². The van der Waals surface area contributed by atoms with Crippen LogP contribution in [0.3, 0.4) is 0 Å². The van der Waals surface area contributed by atoms with Crippen LogP contribution in [0.1, 0.15) is 38.5 Å². The van der Waals surface area contributed by atoms with Crippen molar-refractivity contribution in [1.82, 2.24) is 0 Å². The lowest BCUT2D eigenvalue weighted by molar-refractivity contribution is -0.220. The third-order valence-corrected chi connectivity index (χ3v) is 8.52. The van der Waals surface area contributed by atoms with Crippen molar-refractivity contribution in [3.05, 3.63) is 11.1 Å². The molecule has 4 saturated carbocycles. The molecule has 4 bridgehead atoms. The molecule has 0 aromatic rings. The summed E-state index contributed by atoms with van der Waals surface area (Å²) >= 11 is 0. The Bertz CT molecular complexity index is 872. The summed E-state index contributed by atoms with van der Waals surface area (Å²) in [6.07, 6.45) is 1.68. The van der Waals surface area contributed by atoms with Crippen molar-refractivity contribution in [2.75, 3.05) is 0 Å². The molecule has 7 aliphatic rings. The second-order valence-corrected chi connectivity index (χ2v) is 8.48. The van der Waals surface area contributed by atoms with Crippen LogP contribution < -0.4 is 0 Å². The summed E-state index contributed by atoms with van der Waals surface area (Å²) in [5, 5.41) is 40.3. The van der Waals surface area contributed by atoms with Crippen molar-refractivity contribution in [3.63, 3.8) is 0 Å². The first-order valence-electron chi connectivity index (χ1n) is 8.82. The van der Waals surface area contributed by atoms with E-state index in [4.69, 9.17) is 0 Å². The van der Waals surface area contributed by atoms with E-state index in [1.807, 2.05) is 0 Å². The van der Waals surface area contributed by atoms with Crippen LogP contribution in [0.2, 0.25) is 0 Å². The van der Waals surface area contributed by atoms with Crippen LogP contribution in [0.5, 0.6) is 0 Å². The van der Waals surface area contributed by atoms with Gasteiger partial charge < -0.3 is 20.4 Å². The standard InChI is InChI=1S/C18H18O8/c19-11(20)9-10(12(21)22)16-6-18(16,14(25)26)17(13(23)24)5-3-8(16)7-2-1-4-15(7,9)17/h9-10H,1-6H2,(H,19,20)(H,21,22)(H,23,24)(H,25,26)/t9-,10+,15-,16-,17+,18+/m0/s1. The van der Waals surface area contributed by atoms with Gasteiger partial charge in [0.25, 0.3) is 0 Å². The fraction of sp³-hybridized carbons (Fsp3) is 0.667.